The molecule has 5 rings (SSSR count). The topological polar surface area (TPSA) is 99.5 Å². The minimum Gasteiger partial charge on any atom is -0.497 e. The molecule has 0 saturated carbocycles. The standard InChI is InChI=1S/C26H26N2O7/c1-31-17-6-7-18(23(11-17)32-2)19-13-28(26(30)22-4-3-9-33-22)14-20(19)25(29)27-12-16-5-8-21-24(10-16)35-15-34-21/h3-11,19-20H,12-15H2,1-2H3,(H,27,29)/t19-,20-/m1/s1. The fourth-order valence-electron chi connectivity index (χ4n) is 4.60. The molecule has 2 amide bonds. The number of rotatable bonds is 7. The molecule has 0 bridgehead atoms. The lowest BCUT2D eigenvalue weighted by Gasteiger charge is -2.21. The Hall–Kier alpha value is -4.14. The summed E-state index contributed by atoms with van der Waals surface area (Å²) in [5.41, 5.74) is 1.73. The van der Waals surface area contributed by atoms with Gasteiger partial charge in [-0.2, -0.15) is 0 Å². The monoisotopic (exact) mass is 478 g/mol. The Morgan fingerprint density at radius 3 is 2.66 bits per heavy atom. The maximum Gasteiger partial charge on any atom is 0.289 e. The van der Waals surface area contributed by atoms with E-state index in [1.54, 1.807) is 37.3 Å². The number of carbonyl (C=O) groups is 2. The first-order valence-electron chi connectivity index (χ1n) is 11.3. The number of methoxy groups -OCH3 is 2. The molecule has 9 nitrogen and oxygen atoms in total. The van der Waals surface area contributed by atoms with Crippen molar-refractivity contribution in [3.63, 3.8) is 0 Å². The van der Waals surface area contributed by atoms with E-state index in [9.17, 15) is 9.59 Å². The van der Waals surface area contributed by atoms with Gasteiger partial charge in [-0.05, 0) is 35.9 Å². The fraction of sp³-hybridized carbons (Fsp3) is 0.308. The van der Waals surface area contributed by atoms with Crippen LogP contribution in [-0.4, -0.2) is 50.8 Å². The third-order valence-electron chi connectivity index (χ3n) is 6.42. The number of hydrogen-bond donors (Lipinski definition) is 1. The number of furan rings is 1. The zero-order chi connectivity index (χ0) is 24.4. The summed E-state index contributed by atoms with van der Waals surface area (Å²) in [7, 11) is 3.16. The van der Waals surface area contributed by atoms with Gasteiger partial charge in [0, 0.05) is 37.2 Å². The van der Waals surface area contributed by atoms with Crippen molar-refractivity contribution in [3.8, 4) is 23.0 Å². The van der Waals surface area contributed by atoms with Crippen LogP contribution in [0.25, 0.3) is 0 Å². The molecule has 1 aromatic heterocycles. The highest BCUT2D eigenvalue weighted by atomic mass is 16.7. The van der Waals surface area contributed by atoms with Crippen LogP contribution >= 0.6 is 0 Å². The van der Waals surface area contributed by atoms with E-state index in [0.29, 0.717) is 36.1 Å². The Kier molecular flexibility index (Phi) is 6.22. The Labute approximate surface area is 202 Å². The van der Waals surface area contributed by atoms with Crippen LogP contribution in [0.1, 0.15) is 27.6 Å². The van der Waals surface area contributed by atoms with Crippen LogP contribution in [0.15, 0.2) is 59.2 Å². The molecule has 2 aliphatic rings. The van der Waals surface area contributed by atoms with E-state index >= 15 is 0 Å². The lowest BCUT2D eigenvalue weighted by molar-refractivity contribution is -0.125. The van der Waals surface area contributed by atoms with Crippen molar-refractivity contribution >= 4 is 11.8 Å². The minimum absolute atomic E-state index is 0.153. The number of nitrogens with zero attached hydrogens (tertiary/aromatic N) is 1. The van der Waals surface area contributed by atoms with Gasteiger partial charge in [0.05, 0.1) is 26.4 Å². The van der Waals surface area contributed by atoms with Crippen LogP contribution in [0.3, 0.4) is 0 Å². The SMILES string of the molecule is COc1ccc([C@H]2CN(C(=O)c3ccco3)C[C@H]2C(=O)NCc2ccc3c(c2)OCO3)c(OC)c1. The van der Waals surface area contributed by atoms with Gasteiger partial charge in [-0.25, -0.2) is 0 Å². The predicted octanol–water partition coefficient (Wildman–Crippen LogP) is 3.20. The summed E-state index contributed by atoms with van der Waals surface area (Å²) in [5.74, 6) is 1.69. The van der Waals surface area contributed by atoms with E-state index in [4.69, 9.17) is 23.4 Å². The normalized spacial score (nSPS) is 18.4. The summed E-state index contributed by atoms with van der Waals surface area (Å²) >= 11 is 0. The molecule has 9 heteroatoms. The van der Waals surface area contributed by atoms with Crippen molar-refractivity contribution in [1.82, 2.24) is 10.2 Å². The summed E-state index contributed by atoms with van der Waals surface area (Å²) in [6.07, 6.45) is 1.46. The number of ether oxygens (including phenoxy) is 4. The summed E-state index contributed by atoms with van der Waals surface area (Å²) in [6, 6.07) is 14.4. The predicted molar refractivity (Wildman–Crippen MR) is 125 cm³/mol. The van der Waals surface area contributed by atoms with Gasteiger partial charge < -0.3 is 33.6 Å². The average Bonchev–Trinajstić information content (AvgIpc) is 3.66. The third-order valence-corrected chi connectivity index (χ3v) is 6.42. The zero-order valence-corrected chi connectivity index (χ0v) is 19.5. The number of amides is 2. The number of nitrogens with one attached hydrogen (secondary N) is 1. The van der Waals surface area contributed by atoms with Crippen LogP contribution in [0.2, 0.25) is 0 Å². The Morgan fingerprint density at radius 2 is 1.89 bits per heavy atom. The van der Waals surface area contributed by atoms with Crippen molar-refractivity contribution in [3.05, 3.63) is 71.7 Å². The maximum atomic E-state index is 13.4. The van der Waals surface area contributed by atoms with Gasteiger partial charge in [0.1, 0.15) is 11.5 Å². The molecule has 0 aliphatic carbocycles. The second kappa shape index (κ2) is 9.61. The molecular formula is C26H26N2O7. The van der Waals surface area contributed by atoms with Gasteiger partial charge in [0.15, 0.2) is 17.3 Å². The molecule has 3 heterocycles. The second-order valence-electron chi connectivity index (χ2n) is 8.41. The highest BCUT2D eigenvalue weighted by Gasteiger charge is 2.42. The van der Waals surface area contributed by atoms with Gasteiger partial charge in [-0.3, -0.25) is 9.59 Å². The van der Waals surface area contributed by atoms with Crippen molar-refractivity contribution in [2.24, 2.45) is 5.92 Å². The second-order valence-corrected chi connectivity index (χ2v) is 8.41. The van der Waals surface area contributed by atoms with Gasteiger partial charge in [-0.15, -0.1) is 0 Å². The largest absolute Gasteiger partial charge is 0.497 e. The quantitative estimate of drug-likeness (QED) is 0.557. The average molecular weight is 479 g/mol. The summed E-state index contributed by atoms with van der Waals surface area (Å²) in [4.78, 5) is 28.1. The Morgan fingerprint density at radius 1 is 1.03 bits per heavy atom. The van der Waals surface area contributed by atoms with Gasteiger partial charge in [0.2, 0.25) is 12.7 Å². The molecular weight excluding hydrogens is 452 g/mol. The van der Waals surface area contributed by atoms with Crippen LogP contribution in [0, 0.1) is 5.92 Å². The first-order chi connectivity index (χ1) is 17.1. The van der Waals surface area contributed by atoms with Crippen LogP contribution in [-0.2, 0) is 11.3 Å². The first-order valence-corrected chi connectivity index (χ1v) is 11.3. The number of likely N-dealkylation sites (tertiary alicyclic amines) is 1. The Bertz CT molecular complexity index is 1220. The molecule has 2 aliphatic heterocycles. The van der Waals surface area contributed by atoms with Gasteiger partial charge in [0.25, 0.3) is 5.91 Å². The molecule has 2 atom stereocenters. The molecule has 1 fully saturated rings. The molecule has 1 saturated heterocycles. The van der Waals surface area contributed by atoms with E-state index in [-0.39, 0.29) is 36.8 Å². The highest BCUT2D eigenvalue weighted by Crippen LogP contribution is 2.40. The first kappa shape index (κ1) is 22.6. The van der Waals surface area contributed by atoms with Crippen molar-refractivity contribution in [2.45, 2.75) is 12.5 Å². The van der Waals surface area contributed by atoms with Crippen LogP contribution < -0.4 is 24.3 Å². The lowest BCUT2D eigenvalue weighted by atomic mass is 9.87. The number of benzene rings is 2. The van der Waals surface area contributed by atoms with E-state index < -0.39 is 5.92 Å². The highest BCUT2D eigenvalue weighted by molar-refractivity contribution is 5.93. The lowest BCUT2D eigenvalue weighted by Crippen LogP contribution is -2.35. The molecule has 182 valence electrons. The summed E-state index contributed by atoms with van der Waals surface area (Å²) < 4.78 is 27.0. The zero-order valence-electron chi connectivity index (χ0n) is 19.5. The molecule has 2 aromatic carbocycles. The molecule has 35 heavy (non-hydrogen) atoms. The number of hydrogen-bond acceptors (Lipinski definition) is 7. The Balaban J connectivity index is 1.38. The van der Waals surface area contributed by atoms with Crippen molar-refractivity contribution in [2.75, 3.05) is 34.1 Å². The maximum absolute atomic E-state index is 13.4. The van der Waals surface area contributed by atoms with Crippen LogP contribution in [0.5, 0.6) is 23.0 Å². The number of fused-ring (bicyclic) bond motifs is 1. The summed E-state index contributed by atoms with van der Waals surface area (Å²) in [6.45, 7) is 1.12. The molecule has 0 unspecified atom stereocenters. The molecule has 3 aromatic rings. The van der Waals surface area contributed by atoms with E-state index in [1.807, 2.05) is 30.3 Å². The third kappa shape index (κ3) is 4.49. The minimum atomic E-state index is -0.481. The van der Waals surface area contributed by atoms with Crippen molar-refractivity contribution in [1.29, 1.82) is 0 Å². The molecule has 0 spiro atoms. The van der Waals surface area contributed by atoms with Gasteiger partial charge >= 0.3 is 0 Å². The fourth-order valence-corrected chi connectivity index (χ4v) is 4.60. The molecule has 1 N–H and O–H groups in total. The summed E-state index contributed by atoms with van der Waals surface area (Å²) in [5, 5.41) is 3.02. The van der Waals surface area contributed by atoms with Crippen molar-refractivity contribution < 1.29 is 33.0 Å². The van der Waals surface area contributed by atoms with E-state index in [0.717, 1.165) is 11.1 Å². The van der Waals surface area contributed by atoms with Gasteiger partial charge in [-0.1, -0.05) is 12.1 Å². The van der Waals surface area contributed by atoms with E-state index in [2.05, 4.69) is 5.32 Å². The smallest absolute Gasteiger partial charge is 0.289 e. The number of carbonyl (C=O) groups excluding carboxylic acids is 2. The van der Waals surface area contributed by atoms with E-state index in [1.165, 1.54) is 6.26 Å². The van der Waals surface area contributed by atoms with Crippen LogP contribution in [0.4, 0.5) is 0 Å². The molecule has 0 radical (unpaired) electrons.